The fourth-order valence-corrected chi connectivity index (χ4v) is 1.37. The van der Waals surface area contributed by atoms with Gasteiger partial charge in [-0.3, -0.25) is 0 Å². The van der Waals surface area contributed by atoms with E-state index in [2.05, 4.69) is 11.9 Å². The zero-order chi connectivity index (χ0) is 12.7. The first-order chi connectivity index (χ1) is 8.13. The Hall–Kier alpha value is -2.17. The minimum atomic E-state index is -1.06. The third-order valence-electron chi connectivity index (χ3n) is 2.08. The van der Waals surface area contributed by atoms with E-state index in [1.54, 1.807) is 18.2 Å². The predicted octanol–water partition coefficient (Wildman–Crippen LogP) is 1.64. The summed E-state index contributed by atoms with van der Waals surface area (Å²) >= 11 is 0. The van der Waals surface area contributed by atoms with E-state index in [9.17, 15) is 4.79 Å². The first kappa shape index (κ1) is 12.9. The molecule has 1 aromatic rings. The number of hydrogen-bond acceptors (Lipinski definition) is 3. The van der Waals surface area contributed by atoms with Crippen molar-refractivity contribution in [3.8, 4) is 5.75 Å². The molecule has 17 heavy (non-hydrogen) atoms. The average Bonchev–Trinajstić information content (AvgIpc) is 2.27. The molecule has 0 aliphatic rings. The van der Waals surface area contributed by atoms with Crippen LogP contribution < -0.4 is 15.8 Å². The largest absolute Gasteiger partial charge is 0.491 e. The van der Waals surface area contributed by atoms with Gasteiger partial charge in [-0.1, -0.05) is 6.08 Å². The van der Waals surface area contributed by atoms with Crippen LogP contribution in [0.4, 0.5) is 10.5 Å². The second kappa shape index (κ2) is 6.42. The van der Waals surface area contributed by atoms with Crippen molar-refractivity contribution in [2.75, 3.05) is 18.9 Å². The quantitative estimate of drug-likeness (QED) is 0.398. The Morgan fingerprint density at radius 3 is 3.00 bits per heavy atom. The third-order valence-corrected chi connectivity index (χ3v) is 2.08. The fourth-order valence-electron chi connectivity index (χ4n) is 1.37. The highest BCUT2D eigenvalue weighted by molar-refractivity contribution is 5.64. The lowest BCUT2D eigenvalue weighted by atomic mass is 10.1. The highest BCUT2D eigenvalue weighted by atomic mass is 16.5. The number of rotatable bonds is 6. The van der Waals surface area contributed by atoms with Crippen LogP contribution in [0.5, 0.6) is 5.75 Å². The molecule has 0 atom stereocenters. The molecule has 0 unspecified atom stereocenters. The predicted molar refractivity (Wildman–Crippen MR) is 66.3 cm³/mol. The summed E-state index contributed by atoms with van der Waals surface area (Å²) in [6.07, 6.45) is 1.36. The van der Waals surface area contributed by atoms with Crippen molar-refractivity contribution in [1.29, 1.82) is 0 Å². The third kappa shape index (κ3) is 4.46. The first-order valence-electron chi connectivity index (χ1n) is 5.22. The van der Waals surface area contributed by atoms with Gasteiger partial charge in [0.15, 0.2) is 0 Å². The molecular formula is C12H16N2O3. The molecule has 0 fully saturated rings. The molecule has 0 heterocycles. The number of ether oxygens (including phenoxy) is 1. The zero-order valence-corrected chi connectivity index (χ0v) is 9.48. The second-order valence-corrected chi connectivity index (χ2v) is 3.44. The van der Waals surface area contributed by atoms with Crippen LogP contribution in [-0.2, 0) is 6.42 Å². The summed E-state index contributed by atoms with van der Waals surface area (Å²) in [5.74, 6) is 0.700. The van der Waals surface area contributed by atoms with Crippen molar-refractivity contribution in [2.45, 2.75) is 6.42 Å². The van der Waals surface area contributed by atoms with E-state index in [-0.39, 0.29) is 13.2 Å². The van der Waals surface area contributed by atoms with E-state index < -0.39 is 6.09 Å². The van der Waals surface area contributed by atoms with Gasteiger partial charge in [0.25, 0.3) is 0 Å². The van der Waals surface area contributed by atoms with Crippen LogP contribution in [0.15, 0.2) is 30.9 Å². The van der Waals surface area contributed by atoms with Crippen LogP contribution in [0.1, 0.15) is 5.56 Å². The molecule has 0 saturated heterocycles. The second-order valence-electron chi connectivity index (χ2n) is 3.44. The van der Waals surface area contributed by atoms with Gasteiger partial charge in [-0.15, -0.1) is 6.58 Å². The van der Waals surface area contributed by atoms with Crippen molar-refractivity contribution < 1.29 is 14.6 Å². The molecule has 0 aliphatic heterocycles. The standard InChI is InChI=1S/C12H16N2O3/c1-2-3-9-8-10(13)4-5-11(9)17-7-6-14-12(15)16/h2,4-5,8,14H,1,3,6-7,13H2,(H,15,16). The summed E-state index contributed by atoms with van der Waals surface area (Å²) in [5.41, 5.74) is 7.28. The highest BCUT2D eigenvalue weighted by Gasteiger charge is 2.03. The normalized spacial score (nSPS) is 9.65. The maximum absolute atomic E-state index is 10.2. The van der Waals surface area contributed by atoms with Gasteiger partial charge < -0.3 is 20.9 Å². The Balaban J connectivity index is 2.57. The van der Waals surface area contributed by atoms with Gasteiger partial charge in [0.2, 0.25) is 0 Å². The molecule has 5 heteroatoms. The van der Waals surface area contributed by atoms with Crippen LogP contribution in [0.3, 0.4) is 0 Å². The fraction of sp³-hybridized carbons (Fsp3) is 0.250. The maximum Gasteiger partial charge on any atom is 0.404 e. The number of amides is 1. The van der Waals surface area contributed by atoms with E-state index in [1.165, 1.54) is 0 Å². The van der Waals surface area contributed by atoms with Crippen molar-refractivity contribution >= 4 is 11.8 Å². The summed E-state index contributed by atoms with van der Waals surface area (Å²) in [6.45, 7) is 4.18. The molecule has 0 aliphatic carbocycles. The van der Waals surface area contributed by atoms with E-state index in [1.807, 2.05) is 6.07 Å². The molecule has 0 spiro atoms. The molecule has 0 aromatic heterocycles. The summed E-state index contributed by atoms with van der Waals surface area (Å²) < 4.78 is 5.47. The van der Waals surface area contributed by atoms with Crippen LogP contribution in [0, 0.1) is 0 Å². The molecule has 92 valence electrons. The Labute approximate surface area is 99.9 Å². The number of allylic oxidation sites excluding steroid dienone is 1. The minimum Gasteiger partial charge on any atom is -0.491 e. The molecule has 1 rings (SSSR count). The Morgan fingerprint density at radius 2 is 2.35 bits per heavy atom. The first-order valence-corrected chi connectivity index (χ1v) is 5.22. The van der Waals surface area contributed by atoms with Gasteiger partial charge in [-0.25, -0.2) is 4.79 Å². The highest BCUT2D eigenvalue weighted by Crippen LogP contribution is 2.22. The van der Waals surface area contributed by atoms with E-state index >= 15 is 0 Å². The molecule has 5 nitrogen and oxygen atoms in total. The van der Waals surface area contributed by atoms with Crippen LogP contribution in [-0.4, -0.2) is 24.4 Å². The lowest BCUT2D eigenvalue weighted by Crippen LogP contribution is -2.26. The van der Waals surface area contributed by atoms with Gasteiger partial charge in [-0.2, -0.15) is 0 Å². The maximum atomic E-state index is 10.2. The number of nitrogens with two attached hydrogens (primary N) is 1. The topological polar surface area (TPSA) is 84.6 Å². The molecule has 1 aromatic carbocycles. The van der Waals surface area contributed by atoms with E-state index in [0.717, 1.165) is 5.56 Å². The minimum absolute atomic E-state index is 0.243. The number of nitrogen functional groups attached to an aromatic ring is 1. The van der Waals surface area contributed by atoms with Crippen molar-refractivity contribution in [3.63, 3.8) is 0 Å². The molecule has 1 amide bonds. The summed E-state index contributed by atoms with van der Waals surface area (Å²) in [6, 6.07) is 5.34. The van der Waals surface area contributed by atoms with Crippen molar-refractivity contribution in [1.82, 2.24) is 5.32 Å². The number of anilines is 1. The Bertz CT molecular complexity index is 405. The number of benzene rings is 1. The number of nitrogens with one attached hydrogen (secondary N) is 1. The number of carboxylic acid groups (broad SMARTS) is 1. The van der Waals surface area contributed by atoms with Gasteiger partial charge in [0.1, 0.15) is 12.4 Å². The molecule has 4 N–H and O–H groups in total. The Kier molecular flexibility index (Phi) is 4.87. The van der Waals surface area contributed by atoms with Crippen LogP contribution in [0.2, 0.25) is 0 Å². The summed E-state index contributed by atoms with van der Waals surface area (Å²) in [5, 5.41) is 10.6. The summed E-state index contributed by atoms with van der Waals surface area (Å²) in [4.78, 5) is 10.2. The zero-order valence-electron chi connectivity index (χ0n) is 9.48. The van der Waals surface area contributed by atoms with Crippen molar-refractivity contribution in [3.05, 3.63) is 36.4 Å². The lowest BCUT2D eigenvalue weighted by molar-refractivity contribution is 0.191. The van der Waals surface area contributed by atoms with E-state index in [4.69, 9.17) is 15.6 Å². The van der Waals surface area contributed by atoms with Crippen molar-refractivity contribution in [2.24, 2.45) is 0 Å². The SMILES string of the molecule is C=CCc1cc(N)ccc1OCCNC(=O)O. The number of carbonyl (C=O) groups is 1. The average molecular weight is 236 g/mol. The van der Waals surface area contributed by atoms with Gasteiger partial charge in [-0.05, 0) is 30.2 Å². The lowest BCUT2D eigenvalue weighted by Gasteiger charge is -2.11. The van der Waals surface area contributed by atoms with Gasteiger partial charge >= 0.3 is 6.09 Å². The van der Waals surface area contributed by atoms with Crippen LogP contribution in [0.25, 0.3) is 0 Å². The number of hydrogen-bond donors (Lipinski definition) is 3. The molecule has 0 bridgehead atoms. The van der Waals surface area contributed by atoms with Gasteiger partial charge in [0.05, 0.1) is 6.54 Å². The molecular weight excluding hydrogens is 220 g/mol. The van der Waals surface area contributed by atoms with E-state index in [0.29, 0.717) is 17.9 Å². The summed E-state index contributed by atoms with van der Waals surface area (Å²) in [7, 11) is 0. The molecule has 0 radical (unpaired) electrons. The smallest absolute Gasteiger partial charge is 0.404 e. The Morgan fingerprint density at radius 1 is 1.59 bits per heavy atom. The molecule has 0 saturated carbocycles. The monoisotopic (exact) mass is 236 g/mol. The van der Waals surface area contributed by atoms with Crippen LogP contribution >= 0.6 is 0 Å². The van der Waals surface area contributed by atoms with Gasteiger partial charge in [0, 0.05) is 5.69 Å².